The van der Waals surface area contributed by atoms with Gasteiger partial charge in [0.2, 0.25) is 0 Å². The van der Waals surface area contributed by atoms with Crippen molar-refractivity contribution >= 4 is 0 Å². The Labute approximate surface area is 78.8 Å². The highest BCUT2D eigenvalue weighted by Crippen LogP contribution is 2.19. The summed E-state index contributed by atoms with van der Waals surface area (Å²) >= 11 is 0. The maximum Gasteiger partial charge on any atom is 0.118 e. The van der Waals surface area contributed by atoms with Crippen LogP contribution >= 0.6 is 0 Å². The Bertz CT molecular complexity index is 269. The lowest BCUT2D eigenvalue weighted by molar-refractivity contribution is 0.284. The number of phenols is 1. The first-order valence-corrected chi connectivity index (χ1v) is 4.63. The van der Waals surface area contributed by atoms with E-state index in [0.717, 1.165) is 30.4 Å². The maximum atomic E-state index is 9.47. The van der Waals surface area contributed by atoms with Crippen molar-refractivity contribution in [3.05, 3.63) is 29.3 Å². The zero-order chi connectivity index (χ0) is 9.68. The second-order valence-electron chi connectivity index (χ2n) is 3.31. The van der Waals surface area contributed by atoms with Gasteiger partial charge in [-0.15, -0.1) is 0 Å². The van der Waals surface area contributed by atoms with Crippen molar-refractivity contribution in [3.63, 3.8) is 0 Å². The Kier molecular flexibility index (Phi) is 3.77. The molecule has 0 saturated carbocycles. The Morgan fingerprint density at radius 2 is 2.00 bits per heavy atom. The third kappa shape index (κ3) is 3.07. The molecule has 0 radical (unpaired) electrons. The SMILES string of the molecule is Cc1ccc(O)c(CCCCO)c1. The average molecular weight is 180 g/mol. The molecule has 0 saturated heterocycles. The first-order chi connectivity index (χ1) is 6.24. The summed E-state index contributed by atoms with van der Waals surface area (Å²) in [7, 11) is 0. The van der Waals surface area contributed by atoms with E-state index in [0.29, 0.717) is 5.75 Å². The van der Waals surface area contributed by atoms with Crippen molar-refractivity contribution in [2.24, 2.45) is 0 Å². The van der Waals surface area contributed by atoms with Gasteiger partial charge in [0, 0.05) is 6.61 Å². The van der Waals surface area contributed by atoms with Crippen LogP contribution in [0.5, 0.6) is 5.75 Å². The molecule has 13 heavy (non-hydrogen) atoms. The van der Waals surface area contributed by atoms with Crippen LogP contribution in [0, 0.1) is 6.92 Å². The zero-order valence-corrected chi connectivity index (χ0v) is 7.95. The van der Waals surface area contributed by atoms with Crippen LogP contribution in [0.15, 0.2) is 18.2 Å². The number of aromatic hydroxyl groups is 1. The lowest BCUT2D eigenvalue weighted by Gasteiger charge is -2.04. The third-order valence-electron chi connectivity index (χ3n) is 2.09. The highest BCUT2D eigenvalue weighted by molar-refractivity contribution is 5.35. The molecule has 1 aromatic rings. The summed E-state index contributed by atoms with van der Waals surface area (Å²) in [5, 5.41) is 18.1. The van der Waals surface area contributed by atoms with Crippen LogP contribution in [0.1, 0.15) is 24.0 Å². The molecule has 2 nitrogen and oxygen atoms in total. The molecule has 0 unspecified atom stereocenters. The van der Waals surface area contributed by atoms with Gasteiger partial charge >= 0.3 is 0 Å². The molecule has 1 rings (SSSR count). The van der Waals surface area contributed by atoms with Crippen molar-refractivity contribution in [1.82, 2.24) is 0 Å². The van der Waals surface area contributed by atoms with Crippen molar-refractivity contribution in [3.8, 4) is 5.75 Å². The normalized spacial score (nSPS) is 10.3. The Balaban J connectivity index is 2.59. The minimum atomic E-state index is 0.229. The number of hydrogen-bond donors (Lipinski definition) is 2. The van der Waals surface area contributed by atoms with E-state index in [1.54, 1.807) is 6.07 Å². The Morgan fingerprint density at radius 3 is 2.69 bits per heavy atom. The van der Waals surface area contributed by atoms with Crippen LogP contribution in [0.25, 0.3) is 0 Å². The van der Waals surface area contributed by atoms with E-state index in [1.807, 2.05) is 19.1 Å². The molecule has 0 aliphatic rings. The Hall–Kier alpha value is -1.02. The monoisotopic (exact) mass is 180 g/mol. The van der Waals surface area contributed by atoms with Gasteiger partial charge in [-0.3, -0.25) is 0 Å². The quantitative estimate of drug-likeness (QED) is 0.696. The summed E-state index contributed by atoms with van der Waals surface area (Å²) in [6.07, 6.45) is 2.56. The molecule has 0 heterocycles. The fraction of sp³-hybridized carbons (Fsp3) is 0.455. The van der Waals surface area contributed by atoms with E-state index in [-0.39, 0.29) is 6.61 Å². The number of benzene rings is 1. The first kappa shape index (κ1) is 10.1. The van der Waals surface area contributed by atoms with E-state index in [2.05, 4.69) is 0 Å². The van der Waals surface area contributed by atoms with Crippen molar-refractivity contribution < 1.29 is 10.2 Å². The van der Waals surface area contributed by atoms with Gasteiger partial charge in [0.05, 0.1) is 0 Å². The van der Waals surface area contributed by atoms with E-state index in [9.17, 15) is 5.11 Å². The first-order valence-electron chi connectivity index (χ1n) is 4.63. The van der Waals surface area contributed by atoms with Crippen LogP contribution in [0.2, 0.25) is 0 Å². The second kappa shape index (κ2) is 4.87. The van der Waals surface area contributed by atoms with Crippen LogP contribution in [-0.4, -0.2) is 16.8 Å². The number of unbranched alkanes of at least 4 members (excludes halogenated alkanes) is 1. The van der Waals surface area contributed by atoms with E-state index in [4.69, 9.17) is 5.11 Å². The van der Waals surface area contributed by atoms with E-state index < -0.39 is 0 Å². The molecule has 0 aliphatic carbocycles. The van der Waals surface area contributed by atoms with Gasteiger partial charge < -0.3 is 10.2 Å². The summed E-state index contributed by atoms with van der Waals surface area (Å²) in [4.78, 5) is 0. The molecule has 0 fully saturated rings. The van der Waals surface area contributed by atoms with Crippen molar-refractivity contribution in [2.75, 3.05) is 6.61 Å². The summed E-state index contributed by atoms with van der Waals surface area (Å²) in [6.45, 7) is 2.24. The Morgan fingerprint density at radius 1 is 1.23 bits per heavy atom. The van der Waals surface area contributed by atoms with Crippen molar-refractivity contribution in [2.45, 2.75) is 26.2 Å². The highest BCUT2D eigenvalue weighted by atomic mass is 16.3. The summed E-state index contributed by atoms with van der Waals surface area (Å²) < 4.78 is 0. The molecule has 72 valence electrons. The summed E-state index contributed by atoms with van der Waals surface area (Å²) in [5.74, 6) is 0.364. The molecule has 2 N–H and O–H groups in total. The molecular formula is C11H16O2. The van der Waals surface area contributed by atoms with Gasteiger partial charge in [0.15, 0.2) is 0 Å². The molecule has 0 bridgehead atoms. The predicted octanol–water partition coefficient (Wildman–Crippen LogP) is 2.02. The molecular weight excluding hydrogens is 164 g/mol. The van der Waals surface area contributed by atoms with Crippen molar-refractivity contribution in [1.29, 1.82) is 0 Å². The number of aryl methyl sites for hydroxylation is 2. The minimum Gasteiger partial charge on any atom is -0.508 e. The molecule has 0 spiro atoms. The van der Waals surface area contributed by atoms with Gasteiger partial charge in [-0.25, -0.2) is 0 Å². The van der Waals surface area contributed by atoms with Gasteiger partial charge in [-0.2, -0.15) is 0 Å². The fourth-order valence-corrected chi connectivity index (χ4v) is 1.34. The molecule has 0 aliphatic heterocycles. The second-order valence-corrected chi connectivity index (χ2v) is 3.31. The molecule has 0 amide bonds. The highest BCUT2D eigenvalue weighted by Gasteiger charge is 2.00. The number of hydrogen-bond acceptors (Lipinski definition) is 2. The fourth-order valence-electron chi connectivity index (χ4n) is 1.34. The van der Waals surface area contributed by atoms with Crippen LogP contribution in [-0.2, 0) is 6.42 Å². The van der Waals surface area contributed by atoms with E-state index in [1.165, 1.54) is 0 Å². The average Bonchev–Trinajstić information content (AvgIpc) is 2.11. The maximum absolute atomic E-state index is 9.47. The van der Waals surface area contributed by atoms with Gasteiger partial charge in [0.1, 0.15) is 5.75 Å². The molecule has 2 heteroatoms. The lowest BCUT2D eigenvalue weighted by atomic mass is 10.0. The largest absolute Gasteiger partial charge is 0.508 e. The van der Waals surface area contributed by atoms with Crippen LogP contribution < -0.4 is 0 Å². The predicted molar refractivity (Wildman–Crippen MR) is 52.9 cm³/mol. The lowest BCUT2D eigenvalue weighted by Crippen LogP contribution is -1.90. The van der Waals surface area contributed by atoms with Gasteiger partial charge in [-0.1, -0.05) is 17.7 Å². The van der Waals surface area contributed by atoms with Crippen LogP contribution in [0.4, 0.5) is 0 Å². The molecule has 0 aromatic heterocycles. The summed E-state index contributed by atoms with van der Waals surface area (Å²) in [5.41, 5.74) is 2.14. The zero-order valence-electron chi connectivity index (χ0n) is 7.95. The van der Waals surface area contributed by atoms with Gasteiger partial charge in [0.25, 0.3) is 0 Å². The topological polar surface area (TPSA) is 40.5 Å². The molecule has 1 aromatic carbocycles. The summed E-state index contributed by atoms with van der Waals surface area (Å²) in [6, 6.07) is 5.61. The molecule has 0 atom stereocenters. The number of phenolic OH excluding ortho intramolecular Hbond substituents is 1. The third-order valence-corrected chi connectivity index (χ3v) is 2.09. The van der Waals surface area contributed by atoms with E-state index >= 15 is 0 Å². The smallest absolute Gasteiger partial charge is 0.118 e. The standard InChI is InChI=1S/C11H16O2/c1-9-5-6-11(13)10(8-9)4-2-3-7-12/h5-6,8,12-13H,2-4,7H2,1H3. The number of aliphatic hydroxyl groups is 1. The van der Waals surface area contributed by atoms with Gasteiger partial charge in [-0.05, 0) is 37.8 Å². The minimum absolute atomic E-state index is 0.229. The number of aliphatic hydroxyl groups excluding tert-OH is 1. The van der Waals surface area contributed by atoms with Crippen LogP contribution in [0.3, 0.4) is 0 Å². The number of rotatable bonds is 4.